The van der Waals surface area contributed by atoms with Gasteiger partial charge in [0.25, 0.3) is 5.91 Å². The number of anilines is 2. The van der Waals surface area contributed by atoms with Crippen LogP contribution in [0.5, 0.6) is 0 Å². The molecular weight excluding hydrogens is 418 g/mol. The second kappa shape index (κ2) is 8.87. The number of imidazole rings is 1. The molecule has 0 unspecified atom stereocenters. The Kier molecular flexibility index (Phi) is 6.13. The Morgan fingerprint density at radius 2 is 2.09 bits per heavy atom. The summed E-state index contributed by atoms with van der Waals surface area (Å²) in [5.74, 6) is 0.240. The molecule has 1 amide bonds. The van der Waals surface area contributed by atoms with E-state index in [0.717, 1.165) is 36.4 Å². The Labute approximate surface area is 193 Å². The van der Waals surface area contributed by atoms with Crippen LogP contribution >= 0.6 is 0 Å². The van der Waals surface area contributed by atoms with Crippen molar-refractivity contribution >= 4 is 28.6 Å². The van der Waals surface area contributed by atoms with E-state index in [9.17, 15) is 10.1 Å². The van der Waals surface area contributed by atoms with E-state index >= 15 is 0 Å². The average molecular weight is 450 g/mol. The van der Waals surface area contributed by atoms with Gasteiger partial charge in [0.2, 0.25) is 5.95 Å². The number of methoxy groups -OCH3 is 1. The van der Waals surface area contributed by atoms with Crippen LogP contribution in [0.3, 0.4) is 0 Å². The predicted molar refractivity (Wildman–Crippen MR) is 128 cm³/mol. The molecule has 3 aromatic rings. The summed E-state index contributed by atoms with van der Waals surface area (Å²) >= 11 is 0. The van der Waals surface area contributed by atoms with Crippen LogP contribution in [0, 0.1) is 23.7 Å². The Bertz CT molecular complexity index is 1230. The highest BCUT2D eigenvalue weighted by molar-refractivity contribution is 6.04. The molecule has 4 rings (SSSR count). The van der Waals surface area contributed by atoms with E-state index in [1.165, 1.54) is 0 Å². The Morgan fingerprint density at radius 1 is 1.30 bits per heavy atom. The summed E-state index contributed by atoms with van der Waals surface area (Å²) in [4.78, 5) is 20.2. The van der Waals surface area contributed by atoms with Crippen LogP contribution in [-0.4, -0.2) is 52.0 Å². The first kappa shape index (κ1) is 22.8. The van der Waals surface area contributed by atoms with E-state index in [1.807, 2.05) is 19.9 Å². The third-order valence-electron chi connectivity index (χ3n) is 5.93. The normalized spacial score (nSPS) is 14.8. The monoisotopic (exact) mass is 449 g/mol. The zero-order chi connectivity index (χ0) is 23.8. The van der Waals surface area contributed by atoms with Crippen LogP contribution in [-0.2, 0) is 17.8 Å². The first-order valence-electron chi connectivity index (χ1n) is 11.3. The Hall–Kier alpha value is -3.38. The van der Waals surface area contributed by atoms with Gasteiger partial charge in [0, 0.05) is 45.3 Å². The minimum Gasteiger partial charge on any atom is -0.385 e. The first-order valence-corrected chi connectivity index (χ1v) is 11.3. The lowest BCUT2D eigenvalue weighted by molar-refractivity contribution is 0.101. The van der Waals surface area contributed by atoms with Gasteiger partial charge in [0.15, 0.2) is 0 Å². The van der Waals surface area contributed by atoms with Crippen LogP contribution in [0.2, 0.25) is 0 Å². The maximum Gasteiger partial charge on any atom is 0.276 e. The number of carbonyl (C=O) groups is 1. The standard InChI is InChI=1S/C24H31N7O2/c1-6-31-20(10-16(2)28-31)22(32)27-23-26-18-11-17(13-25)12-19-21(18)30(23)15-24(3,4)14-29(19)8-7-9-33-5/h10-12H,6-9,14-15H2,1-5H3,(H,26,27,32). The number of ether oxygens (including phenoxy) is 1. The van der Waals surface area contributed by atoms with Crippen LogP contribution in [0.4, 0.5) is 11.6 Å². The molecule has 0 radical (unpaired) electrons. The summed E-state index contributed by atoms with van der Waals surface area (Å²) in [6.45, 7) is 11.8. The van der Waals surface area contributed by atoms with Crippen molar-refractivity contribution in [1.82, 2.24) is 19.3 Å². The highest BCUT2D eigenvalue weighted by atomic mass is 16.5. The molecular formula is C24H31N7O2. The SMILES string of the molecule is CCn1nc(C)cc1C(=O)Nc1nc2cc(C#N)cc3c2n1CC(C)(C)CN3CCCOC. The molecule has 174 valence electrons. The van der Waals surface area contributed by atoms with Gasteiger partial charge in [-0.05, 0) is 38.5 Å². The van der Waals surface area contributed by atoms with Crippen LogP contribution < -0.4 is 10.2 Å². The molecule has 0 saturated carbocycles. The average Bonchev–Trinajstić information content (AvgIpc) is 3.28. The predicted octanol–water partition coefficient (Wildman–Crippen LogP) is 3.57. The minimum atomic E-state index is -0.245. The molecule has 9 heteroatoms. The minimum absolute atomic E-state index is 0.0895. The van der Waals surface area contributed by atoms with Gasteiger partial charge < -0.3 is 14.2 Å². The molecule has 3 heterocycles. The number of hydrogen-bond donors (Lipinski definition) is 1. The molecule has 0 spiro atoms. The molecule has 33 heavy (non-hydrogen) atoms. The van der Waals surface area contributed by atoms with Gasteiger partial charge in [-0.15, -0.1) is 0 Å². The number of nitrogens with zero attached hydrogens (tertiary/aromatic N) is 6. The fraction of sp³-hybridized carbons (Fsp3) is 0.500. The van der Waals surface area contributed by atoms with Gasteiger partial charge in [0.05, 0.1) is 34.0 Å². The molecule has 9 nitrogen and oxygen atoms in total. The number of hydrogen-bond acceptors (Lipinski definition) is 6. The molecule has 0 saturated heterocycles. The summed E-state index contributed by atoms with van der Waals surface area (Å²) in [6.07, 6.45) is 0.878. The zero-order valence-electron chi connectivity index (χ0n) is 20.0. The molecule has 2 aromatic heterocycles. The number of nitrogens with one attached hydrogen (secondary N) is 1. The zero-order valence-corrected chi connectivity index (χ0v) is 20.0. The van der Waals surface area contributed by atoms with Crippen molar-refractivity contribution in [3.05, 3.63) is 35.2 Å². The van der Waals surface area contributed by atoms with Gasteiger partial charge in [-0.2, -0.15) is 10.4 Å². The van der Waals surface area contributed by atoms with Gasteiger partial charge in [-0.25, -0.2) is 4.98 Å². The molecule has 0 atom stereocenters. The van der Waals surface area contributed by atoms with Gasteiger partial charge in [0.1, 0.15) is 5.69 Å². The summed E-state index contributed by atoms with van der Waals surface area (Å²) in [5.41, 5.74) is 4.36. The highest BCUT2D eigenvalue weighted by Crippen LogP contribution is 2.38. The van der Waals surface area contributed by atoms with Gasteiger partial charge in [-0.3, -0.25) is 14.8 Å². The van der Waals surface area contributed by atoms with E-state index in [0.29, 0.717) is 42.4 Å². The molecule has 1 aromatic carbocycles. The van der Waals surface area contributed by atoms with E-state index in [-0.39, 0.29) is 11.3 Å². The first-order chi connectivity index (χ1) is 15.8. The maximum absolute atomic E-state index is 13.2. The number of aryl methyl sites for hydroxylation is 2. The summed E-state index contributed by atoms with van der Waals surface area (Å²) in [5, 5.41) is 17.0. The van der Waals surface area contributed by atoms with Gasteiger partial charge in [-0.1, -0.05) is 13.8 Å². The number of amides is 1. The van der Waals surface area contributed by atoms with Crippen molar-refractivity contribution in [3.8, 4) is 6.07 Å². The van der Waals surface area contributed by atoms with Crippen molar-refractivity contribution in [2.24, 2.45) is 5.41 Å². The molecule has 0 bridgehead atoms. The topological polar surface area (TPSA) is 101 Å². The van der Waals surface area contributed by atoms with Crippen molar-refractivity contribution in [2.75, 3.05) is 37.0 Å². The molecule has 0 fully saturated rings. The summed E-state index contributed by atoms with van der Waals surface area (Å²) in [7, 11) is 1.71. The summed E-state index contributed by atoms with van der Waals surface area (Å²) in [6, 6.07) is 7.76. The van der Waals surface area contributed by atoms with E-state index in [1.54, 1.807) is 23.9 Å². The largest absolute Gasteiger partial charge is 0.385 e. The lowest BCUT2D eigenvalue weighted by Gasteiger charge is -2.32. The van der Waals surface area contributed by atoms with Crippen molar-refractivity contribution in [2.45, 2.75) is 47.2 Å². The van der Waals surface area contributed by atoms with Crippen LogP contribution in [0.1, 0.15) is 48.9 Å². The van der Waals surface area contributed by atoms with E-state index in [2.05, 4.69) is 39.8 Å². The number of benzene rings is 1. The second-order valence-corrected chi connectivity index (χ2v) is 9.37. The molecule has 0 aliphatic carbocycles. The smallest absolute Gasteiger partial charge is 0.276 e. The second-order valence-electron chi connectivity index (χ2n) is 9.37. The quantitative estimate of drug-likeness (QED) is 0.554. The summed E-state index contributed by atoms with van der Waals surface area (Å²) < 4.78 is 9.04. The number of nitriles is 1. The molecule has 1 aliphatic rings. The van der Waals surface area contributed by atoms with E-state index in [4.69, 9.17) is 9.72 Å². The lowest BCUT2D eigenvalue weighted by atomic mass is 9.92. The van der Waals surface area contributed by atoms with Crippen molar-refractivity contribution < 1.29 is 9.53 Å². The van der Waals surface area contributed by atoms with Crippen LogP contribution in [0.25, 0.3) is 11.0 Å². The maximum atomic E-state index is 13.2. The van der Waals surface area contributed by atoms with Gasteiger partial charge >= 0.3 is 0 Å². The highest BCUT2D eigenvalue weighted by Gasteiger charge is 2.32. The molecule has 1 aliphatic heterocycles. The molecule has 1 N–H and O–H groups in total. The third kappa shape index (κ3) is 4.44. The van der Waals surface area contributed by atoms with E-state index < -0.39 is 0 Å². The van der Waals surface area contributed by atoms with Crippen molar-refractivity contribution in [1.29, 1.82) is 5.26 Å². The van der Waals surface area contributed by atoms with Crippen LogP contribution in [0.15, 0.2) is 18.2 Å². The Balaban J connectivity index is 1.81. The third-order valence-corrected chi connectivity index (χ3v) is 5.93. The fourth-order valence-corrected chi connectivity index (χ4v) is 4.62. The Morgan fingerprint density at radius 3 is 2.79 bits per heavy atom. The fourth-order valence-electron chi connectivity index (χ4n) is 4.62. The van der Waals surface area contributed by atoms with Crippen molar-refractivity contribution in [3.63, 3.8) is 0 Å². The number of carbonyl (C=O) groups excluding carboxylic acids is 1. The number of rotatable bonds is 7. The lowest BCUT2D eigenvalue weighted by Crippen LogP contribution is -2.36. The number of aromatic nitrogens is 4.